The normalized spacial score (nSPS) is 43.8. The Morgan fingerprint density at radius 1 is 0.762 bits per heavy atom. The molecule has 3 fully saturated rings. The van der Waals surface area contributed by atoms with Crippen LogP contribution in [0, 0.1) is 23.7 Å². The molecule has 0 aromatic heterocycles. The van der Waals surface area contributed by atoms with Crippen molar-refractivity contribution >= 4 is 0 Å². The Labute approximate surface area is 128 Å². The minimum Gasteiger partial charge on any atom is -0.310 e. The average Bonchev–Trinajstić information content (AvgIpc) is 3.15. The van der Waals surface area contributed by atoms with Crippen molar-refractivity contribution in [2.24, 2.45) is 23.7 Å². The van der Waals surface area contributed by atoms with E-state index in [0.29, 0.717) is 0 Å². The van der Waals surface area contributed by atoms with Gasteiger partial charge in [0, 0.05) is 12.1 Å². The molecule has 0 heterocycles. The highest BCUT2D eigenvalue weighted by atomic mass is 15.0. The number of fused-ring (bicyclic) bond motifs is 5. The predicted molar refractivity (Wildman–Crippen MR) is 86.2 cm³/mol. The first-order valence-corrected chi connectivity index (χ1v) is 9.19. The van der Waals surface area contributed by atoms with Crippen molar-refractivity contribution in [3.05, 3.63) is 35.4 Å². The Kier molecular flexibility index (Phi) is 2.93. The van der Waals surface area contributed by atoms with Crippen LogP contribution in [-0.4, -0.2) is 12.1 Å². The molecule has 0 amide bonds. The Balaban J connectivity index is 1.37. The van der Waals surface area contributed by atoms with Crippen LogP contribution in [-0.2, 0) is 12.8 Å². The summed E-state index contributed by atoms with van der Waals surface area (Å²) in [6, 6.07) is 10.9. The van der Waals surface area contributed by atoms with E-state index in [2.05, 4.69) is 29.6 Å². The molecular formula is C20H27N. The van der Waals surface area contributed by atoms with Crippen LogP contribution in [0.25, 0.3) is 0 Å². The lowest BCUT2D eigenvalue weighted by Crippen LogP contribution is -2.46. The zero-order valence-electron chi connectivity index (χ0n) is 12.9. The fourth-order valence-corrected chi connectivity index (χ4v) is 6.12. The zero-order valence-corrected chi connectivity index (χ0v) is 12.9. The van der Waals surface area contributed by atoms with Gasteiger partial charge in [0.15, 0.2) is 0 Å². The van der Waals surface area contributed by atoms with Crippen LogP contribution in [0.2, 0.25) is 0 Å². The first kappa shape index (κ1) is 12.7. The third-order valence-corrected chi connectivity index (χ3v) is 7.15. The Morgan fingerprint density at radius 2 is 1.43 bits per heavy atom. The number of hydrogen-bond donors (Lipinski definition) is 1. The van der Waals surface area contributed by atoms with Crippen LogP contribution < -0.4 is 5.32 Å². The maximum atomic E-state index is 4.19. The second-order valence-electron chi connectivity index (χ2n) is 8.25. The van der Waals surface area contributed by atoms with Gasteiger partial charge in [-0.3, -0.25) is 0 Å². The van der Waals surface area contributed by atoms with Crippen LogP contribution >= 0.6 is 0 Å². The van der Waals surface area contributed by atoms with Crippen LogP contribution in [0.3, 0.4) is 0 Å². The molecule has 5 rings (SSSR count). The highest BCUT2D eigenvalue weighted by molar-refractivity contribution is 5.31. The third kappa shape index (κ3) is 2.08. The molecule has 1 aromatic carbocycles. The van der Waals surface area contributed by atoms with E-state index in [4.69, 9.17) is 0 Å². The van der Waals surface area contributed by atoms with Crippen molar-refractivity contribution in [1.82, 2.24) is 5.32 Å². The van der Waals surface area contributed by atoms with Crippen molar-refractivity contribution in [2.75, 3.05) is 0 Å². The summed E-state index contributed by atoms with van der Waals surface area (Å²) in [4.78, 5) is 0. The van der Waals surface area contributed by atoms with Gasteiger partial charge >= 0.3 is 0 Å². The third-order valence-electron chi connectivity index (χ3n) is 7.15. The second kappa shape index (κ2) is 4.84. The van der Waals surface area contributed by atoms with Crippen molar-refractivity contribution in [1.29, 1.82) is 0 Å². The molecule has 5 atom stereocenters. The summed E-state index contributed by atoms with van der Waals surface area (Å²) in [5.74, 6) is 3.88. The van der Waals surface area contributed by atoms with Gasteiger partial charge in [-0.2, -0.15) is 0 Å². The summed E-state index contributed by atoms with van der Waals surface area (Å²) in [5, 5.41) is 4.19. The van der Waals surface area contributed by atoms with Gasteiger partial charge in [-0.15, -0.1) is 0 Å². The Bertz CT molecular complexity index is 503. The molecule has 3 saturated carbocycles. The van der Waals surface area contributed by atoms with Crippen molar-refractivity contribution < 1.29 is 0 Å². The summed E-state index contributed by atoms with van der Waals surface area (Å²) in [7, 11) is 0. The van der Waals surface area contributed by atoms with E-state index >= 15 is 0 Å². The van der Waals surface area contributed by atoms with Gasteiger partial charge in [0.2, 0.25) is 0 Å². The fraction of sp³-hybridized carbons (Fsp3) is 0.700. The quantitative estimate of drug-likeness (QED) is 0.865. The Hall–Kier alpha value is -0.820. The zero-order chi connectivity index (χ0) is 13.8. The van der Waals surface area contributed by atoms with Crippen LogP contribution in [0.15, 0.2) is 24.3 Å². The minimum absolute atomic E-state index is 0.807. The van der Waals surface area contributed by atoms with E-state index < -0.39 is 0 Å². The molecule has 0 radical (unpaired) electrons. The molecule has 112 valence electrons. The molecule has 4 aliphatic carbocycles. The smallest absolute Gasteiger partial charge is 0.0133 e. The van der Waals surface area contributed by atoms with Crippen molar-refractivity contribution in [2.45, 2.75) is 63.5 Å². The number of hydrogen-bond acceptors (Lipinski definition) is 1. The number of nitrogens with one attached hydrogen (secondary N) is 1. The fourth-order valence-electron chi connectivity index (χ4n) is 6.12. The average molecular weight is 281 g/mol. The van der Waals surface area contributed by atoms with Gasteiger partial charge in [0.1, 0.15) is 0 Å². The van der Waals surface area contributed by atoms with E-state index in [9.17, 15) is 0 Å². The van der Waals surface area contributed by atoms with Gasteiger partial charge in [-0.1, -0.05) is 30.7 Å². The summed E-state index contributed by atoms with van der Waals surface area (Å²) < 4.78 is 0. The summed E-state index contributed by atoms with van der Waals surface area (Å²) in [5.41, 5.74) is 3.29. The topological polar surface area (TPSA) is 12.0 Å². The largest absolute Gasteiger partial charge is 0.310 e. The lowest BCUT2D eigenvalue weighted by molar-refractivity contribution is 0.255. The molecule has 1 nitrogen and oxygen atoms in total. The molecule has 0 spiro atoms. The standard InChI is InChI=1S/C20H27N/c1-2-4-15-12-18-8-7-17(11-14(15)3-1)20(18)21-19-10-13-5-6-16(19)9-13/h1-4,13,16-21H,5-12H2. The molecule has 4 aliphatic rings. The molecule has 0 aliphatic heterocycles. The van der Waals surface area contributed by atoms with Gasteiger partial charge in [-0.25, -0.2) is 0 Å². The van der Waals surface area contributed by atoms with E-state index in [1.54, 1.807) is 11.1 Å². The monoisotopic (exact) mass is 281 g/mol. The second-order valence-corrected chi connectivity index (χ2v) is 8.25. The molecule has 21 heavy (non-hydrogen) atoms. The SMILES string of the molecule is c1ccc2c(c1)CC1CCC(C2)C1NC1CC2CCC1C2. The molecule has 1 aromatic rings. The van der Waals surface area contributed by atoms with Gasteiger partial charge in [0.25, 0.3) is 0 Å². The summed E-state index contributed by atoms with van der Waals surface area (Å²) in [6.07, 6.45) is 11.6. The van der Waals surface area contributed by atoms with E-state index in [1.165, 1.54) is 51.4 Å². The van der Waals surface area contributed by atoms with E-state index in [-0.39, 0.29) is 0 Å². The molecule has 1 heteroatoms. The molecule has 5 unspecified atom stereocenters. The summed E-state index contributed by atoms with van der Waals surface area (Å²) in [6.45, 7) is 0. The lowest BCUT2D eigenvalue weighted by atomic mass is 9.90. The lowest BCUT2D eigenvalue weighted by Gasteiger charge is -2.32. The molecule has 1 N–H and O–H groups in total. The van der Waals surface area contributed by atoms with Crippen molar-refractivity contribution in [3.8, 4) is 0 Å². The predicted octanol–water partition coefficient (Wildman–Crippen LogP) is 3.96. The molecule has 0 saturated heterocycles. The van der Waals surface area contributed by atoms with Crippen LogP contribution in [0.5, 0.6) is 0 Å². The molecule has 4 bridgehead atoms. The first-order valence-electron chi connectivity index (χ1n) is 9.19. The highest BCUT2D eigenvalue weighted by Crippen LogP contribution is 2.47. The van der Waals surface area contributed by atoms with Gasteiger partial charge < -0.3 is 5.32 Å². The number of rotatable bonds is 2. The first-order chi connectivity index (χ1) is 10.4. The van der Waals surface area contributed by atoms with Gasteiger partial charge in [0.05, 0.1) is 0 Å². The highest BCUT2D eigenvalue weighted by Gasteiger charge is 2.44. The van der Waals surface area contributed by atoms with E-state index in [1.807, 2.05) is 0 Å². The maximum Gasteiger partial charge on any atom is 0.0133 e. The van der Waals surface area contributed by atoms with Crippen LogP contribution in [0.1, 0.15) is 49.7 Å². The van der Waals surface area contributed by atoms with E-state index in [0.717, 1.165) is 35.8 Å². The Morgan fingerprint density at radius 3 is 2.00 bits per heavy atom. The maximum absolute atomic E-state index is 4.19. The van der Waals surface area contributed by atoms with Gasteiger partial charge in [-0.05, 0) is 79.7 Å². The summed E-state index contributed by atoms with van der Waals surface area (Å²) >= 11 is 0. The van der Waals surface area contributed by atoms with Crippen molar-refractivity contribution in [3.63, 3.8) is 0 Å². The molecular weight excluding hydrogens is 254 g/mol. The number of benzene rings is 1. The minimum atomic E-state index is 0.807. The van der Waals surface area contributed by atoms with Crippen LogP contribution in [0.4, 0.5) is 0 Å².